The van der Waals surface area contributed by atoms with E-state index in [-0.39, 0.29) is 0 Å². The van der Waals surface area contributed by atoms with Gasteiger partial charge in [0.25, 0.3) is 0 Å². The number of rotatable bonds is 5. The summed E-state index contributed by atoms with van der Waals surface area (Å²) in [5, 5.41) is 13.8. The average molecular weight is 459 g/mol. The Hall–Kier alpha value is -2.31. The van der Waals surface area contributed by atoms with Crippen molar-refractivity contribution in [3.63, 3.8) is 0 Å². The third kappa shape index (κ3) is 6.58. The molecule has 1 saturated heterocycles. The van der Waals surface area contributed by atoms with Crippen molar-refractivity contribution in [2.45, 2.75) is 44.6 Å². The van der Waals surface area contributed by atoms with Gasteiger partial charge in [-0.05, 0) is 25.8 Å². The highest BCUT2D eigenvalue weighted by Crippen LogP contribution is 2.35. The second-order valence-electron chi connectivity index (χ2n) is 7.32. The number of ether oxygens (including phenoxy) is 1. The molecule has 2 fully saturated rings. The molecule has 4 rings (SSSR count). The normalized spacial score (nSPS) is 23.5. The number of alkyl halides is 3. The van der Waals surface area contributed by atoms with Crippen molar-refractivity contribution in [3.8, 4) is 0 Å². The maximum Gasteiger partial charge on any atom is 0.490 e. The summed E-state index contributed by atoms with van der Waals surface area (Å²) in [5.74, 6) is -1.54. The molecule has 3 atom stereocenters. The molecule has 2 aromatic rings. The van der Waals surface area contributed by atoms with E-state index in [0.29, 0.717) is 24.0 Å². The minimum absolute atomic E-state index is 0.301. The second-order valence-corrected chi connectivity index (χ2v) is 8.39. The molecule has 0 amide bonds. The number of halogens is 3. The Labute approximate surface area is 181 Å². The van der Waals surface area contributed by atoms with Crippen LogP contribution in [0.2, 0.25) is 0 Å². The van der Waals surface area contributed by atoms with Crippen LogP contribution in [0.3, 0.4) is 0 Å². The van der Waals surface area contributed by atoms with Gasteiger partial charge in [0.2, 0.25) is 5.95 Å². The van der Waals surface area contributed by atoms with Crippen LogP contribution < -0.4 is 5.32 Å². The Balaban J connectivity index is 0.000000339. The fourth-order valence-electron chi connectivity index (χ4n) is 3.85. The molecule has 31 heavy (non-hydrogen) atoms. The number of carbonyl (C=O) groups is 1. The standard InChI is InChI=1S/C17H23N5OS.C2HF3O2/c1-12-21-14(11-24-12)10-22-7-8-23-16-13(3-4-15(16)22)9-20-17-18-5-2-6-19-17;3-2(4,5)1(6)7/h2,5-6,11,13,15-16H,3-4,7-10H2,1H3,(H,18,19,20);(H,6,7). The molecule has 3 unspecified atom stereocenters. The predicted molar refractivity (Wildman–Crippen MR) is 108 cm³/mol. The highest BCUT2D eigenvalue weighted by atomic mass is 32.1. The van der Waals surface area contributed by atoms with Gasteiger partial charge < -0.3 is 15.2 Å². The average Bonchev–Trinajstić information content (AvgIpc) is 3.33. The van der Waals surface area contributed by atoms with Crippen LogP contribution in [-0.4, -0.2) is 68.9 Å². The molecular weight excluding hydrogens is 435 g/mol. The number of hydrogen-bond donors (Lipinski definition) is 2. The highest BCUT2D eigenvalue weighted by Gasteiger charge is 2.42. The van der Waals surface area contributed by atoms with Crippen molar-refractivity contribution >= 4 is 23.3 Å². The van der Waals surface area contributed by atoms with Crippen LogP contribution in [0.4, 0.5) is 19.1 Å². The van der Waals surface area contributed by atoms with E-state index < -0.39 is 12.1 Å². The van der Waals surface area contributed by atoms with E-state index in [1.165, 1.54) is 18.5 Å². The van der Waals surface area contributed by atoms with Gasteiger partial charge in [0, 0.05) is 49.4 Å². The van der Waals surface area contributed by atoms with Crippen LogP contribution in [0.25, 0.3) is 0 Å². The number of morpholine rings is 1. The molecule has 8 nitrogen and oxygen atoms in total. The summed E-state index contributed by atoms with van der Waals surface area (Å²) in [5.41, 5.74) is 1.19. The first-order valence-electron chi connectivity index (χ1n) is 9.81. The third-order valence-electron chi connectivity index (χ3n) is 5.20. The Morgan fingerprint density at radius 2 is 2.06 bits per heavy atom. The molecular formula is C19H24F3N5O3S. The third-order valence-corrected chi connectivity index (χ3v) is 6.02. The smallest absolute Gasteiger partial charge is 0.475 e. The van der Waals surface area contributed by atoms with Crippen LogP contribution in [0.15, 0.2) is 23.8 Å². The number of nitrogens with one attached hydrogen (secondary N) is 1. The number of carboxylic acid groups (broad SMARTS) is 1. The molecule has 12 heteroatoms. The molecule has 2 N–H and O–H groups in total. The van der Waals surface area contributed by atoms with E-state index in [4.69, 9.17) is 14.6 Å². The number of aryl methyl sites for hydroxylation is 1. The van der Waals surface area contributed by atoms with E-state index >= 15 is 0 Å². The largest absolute Gasteiger partial charge is 0.490 e. The minimum Gasteiger partial charge on any atom is -0.475 e. The van der Waals surface area contributed by atoms with Gasteiger partial charge in [-0.3, -0.25) is 4.90 Å². The number of aromatic nitrogens is 3. The minimum atomic E-state index is -5.08. The SMILES string of the molecule is Cc1nc(CN2CCOC3C(CNc4ncccn4)CCC32)cs1.O=C(O)C(F)(F)F. The van der Waals surface area contributed by atoms with Crippen LogP contribution in [-0.2, 0) is 16.1 Å². The molecule has 2 aliphatic rings. The lowest BCUT2D eigenvalue weighted by Crippen LogP contribution is -2.50. The lowest BCUT2D eigenvalue weighted by atomic mass is 10.0. The summed E-state index contributed by atoms with van der Waals surface area (Å²) < 4.78 is 37.9. The molecule has 0 radical (unpaired) electrons. The quantitative estimate of drug-likeness (QED) is 0.704. The van der Waals surface area contributed by atoms with E-state index in [1.54, 1.807) is 23.7 Å². The first kappa shape index (κ1) is 23.4. The zero-order chi connectivity index (χ0) is 22.4. The van der Waals surface area contributed by atoms with Crippen molar-refractivity contribution in [2.75, 3.05) is 25.0 Å². The number of thiazole rings is 1. The van der Waals surface area contributed by atoms with E-state index in [9.17, 15) is 13.2 Å². The van der Waals surface area contributed by atoms with Crippen molar-refractivity contribution in [1.29, 1.82) is 0 Å². The fraction of sp³-hybridized carbons (Fsp3) is 0.579. The molecule has 2 aromatic heterocycles. The van der Waals surface area contributed by atoms with E-state index in [2.05, 4.69) is 37.5 Å². The Bertz CT molecular complexity index is 852. The summed E-state index contributed by atoms with van der Waals surface area (Å²) in [6.45, 7) is 5.69. The molecule has 1 saturated carbocycles. The lowest BCUT2D eigenvalue weighted by molar-refractivity contribution is -0.192. The number of aliphatic carboxylic acids is 1. The number of anilines is 1. The monoisotopic (exact) mass is 459 g/mol. The fourth-order valence-corrected chi connectivity index (χ4v) is 4.46. The predicted octanol–water partition coefficient (Wildman–Crippen LogP) is 2.97. The molecule has 170 valence electrons. The Morgan fingerprint density at radius 1 is 1.35 bits per heavy atom. The van der Waals surface area contributed by atoms with Crippen LogP contribution in [0.5, 0.6) is 0 Å². The van der Waals surface area contributed by atoms with Gasteiger partial charge in [-0.1, -0.05) is 0 Å². The van der Waals surface area contributed by atoms with Crippen LogP contribution in [0, 0.1) is 12.8 Å². The highest BCUT2D eigenvalue weighted by molar-refractivity contribution is 7.09. The second kappa shape index (κ2) is 10.3. The van der Waals surface area contributed by atoms with Gasteiger partial charge in [0.1, 0.15) is 0 Å². The maximum absolute atomic E-state index is 10.6. The summed E-state index contributed by atoms with van der Waals surface area (Å²) in [7, 11) is 0. The molecule has 0 aromatic carbocycles. The topological polar surface area (TPSA) is 100 Å². The number of carboxylic acids is 1. The van der Waals surface area contributed by atoms with Gasteiger partial charge in [0.15, 0.2) is 0 Å². The molecule has 1 aliphatic carbocycles. The zero-order valence-electron chi connectivity index (χ0n) is 16.9. The van der Waals surface area contributed by atoms with Gasteiger partial charge in [-0.2, -0.15) is 13.2 Å². The summed E-state index contributed by atoms with van der Waals surface area (Å²) in [4.78, 5) is 24.5. The van der Waals surface area contributed by atoms with Crippen molar-refractivity contribution in [1.82, 2.24) is 19.9 Å². The summed E-state index contributed by atoms with van der Waals surface area (Å²) in [6.07, 6.45) is 1.12. The first-order chi connectivity index (χ1) is 14.7. The van der Waals surface area contributed by atoms with Crippen LogP contribution in [0.1, 0.15) is 23.5 Å². The summed E-state index contributed by atoms with van der Waals surface area (Å²) in [6, 6.07) is 2.34. The Kier molecular flexibility index (Phi) is 7.79. The molecule has 3 heterocycles. The van der Waals surface area contributed by atoms with Crippen LogP contribution >= 0.6 is 11.3 Å². The molecule has 0 bridgehead atoms. The van der Waals surface area contributed by atoms with Gasteiger partial charge in [0.05, 0.1) is 23.4 Å². The maximum atomic E-state index is 10.6. The number of hydrogen-bond acceptors (Lipinski definition) is 8. The van der Waals surface area contributed by atoms with Gasteiger partial charge in [-0.25, -0.2) is 19.7 Å². The molecule has 1 aliphatic heterocycles. The van der Waals surface area contributed by atoms with E-state index in [1.807, 2.05) is 6.07 Å². The Morgan fingerprint density at radius 3 is 2.68 bits per heavy atom. The molecule has 0 spiro atoms. The van der Waals surface area contributed by atoms with Crippen molar-refractivity contribution in [3.05, 3.63) is 34.5 Å². The van der Waals surface area contributed by atoms with Gasteiger partial charge in [-0.15, -0.1) is 11.3 Å². The van der Waals surface area contributed by atoms with Crippen molar-refractivity contribution < 1.29 is 27.8 Å². The number of fused-ring (bicyclic) bond motifs is 1. The summed E-state index contributed by atoms with van der Waals surface area (Å²) >= 11 is 1.73. The van der Waals surface area contributed by atoms with Crippen molar-refractivity contribution in [2.24, 2.45) is 5.92 Å². The first-order valence-corrected chi connectivity index (χ1v) is 10.7. The number of nitrogens with zero attached hydrogens (tertiary/aromatic N) is 4. The zero-order valence-corrected chi connectivity index (χ0v) is 17.7. The van der Waals surface area contributed by atoms with Gasteiger partial charge >= 0.3 is 12.1 Å². The van der Waals surface area contributed by atoms with E-state index in [0.717, 1.165) is 31.2 Å². The lowest BCUT2D eigenvalue weighted by Gasteiger charge is -2.39.